The molecule has 0 saturated carbocycles. The van der Waals surface area contributed by atoms with Crippen LogP contribution in [-0.4, -0.2) is 35.3 Å². The van der Waals surface area contributed by atoms with Gasteiger partial charge >= 0.3 is 0 Å². The number of nitrogens with two attached hydrogens (primary N) is 1. The maximum atomic E-state index is 5.49. The van der Waals surface area contributed by atoms with Crippen molar-refractivity contribution in [3.05, 3.63) is 12.1 Å². The summed E-state index contributed by atoms with van der Waals surface area (Å²) in [4.78, 5) is 2.13. The number of nitrogens with zero attached hydrogens (tertiary/aromatic N) is 3. The lowest BCUT2D eigenvalue weighted by Crippen LogP contribution is -2.30. The summed E-state index contributed by atoms with van der Waals surface area (Å²) in [5.74, 6) is 2.50. The minimum atomic E-state index is 0.462. The van der Waals surface area contributed by atoms with Gasteiger partial charge in [0.2, 0.25) is 0 Å². The Labute approximate surface area is 95.3 Å². The van der Waals surface area contributed by atoms with Crippen molar-refractivity contribution < 1.29 is 0 Å². The average molecular weight is 226 g/mol. The first-order chi connectivity index (χ1) is 7.15. The van der Waals surface area contributed by atoms with Gasteiger partial charge in [0.05, 0.1) is 0 Å². The summed E-state index contributed by atoms with van der Waals surface area (Å²) in [6.07, 6.45) is 3.26. The van der Waals surface area contributed by atoms with E-state index < -0.39 is 0 Å². The van der Waals surface area contributed by atoms with Crippen molar-refractivity contribution in [2.75, 3.05) is 29.7 Å². The van der Waals surface area contributed by atoms with Crippen LogP contribution in [0, 0.1) is 0 Å². The molecule has 0 aromatic carbocycles. The van der Waals surface area contributed by atoms with Crippen LogP contribution in [0.25, 0.3) is 0 Å². The van der Waals surface area contributed by atoms with Crippen LogP contribution in [0.15, 0.2) is 12.1 Å². The van der Waals surface area contributed by atoms with Crippen molar-refractivity contribution in [1.82, 2.24) is 10.2 Å². The van der Waals surface area contributed by atoms with Gasteiger partial charge in [0.25, 0.3) is 0 Å². The first-order valence-electron chi connectivity index (χ1n) is 4.96. The molecule has 4 nitrogen and oxygen atoms in total. The van der Waals surface area contributed by atoms with Crippen LogP contribution in [0.4, 0.5) is 11.6 Å². The summed E-state index contributed by atoms with van der Waals surface area (Å²) in [5, 5.41) is 7.90. The molecule has 0 aliphatic carbocycles. The Bertz CT molecular complexity index is 288. The molecule has 0 aliphatic rings. The summed E-state index contributed by atoms with van der Waals surface area (Å²) in [5.41, 5.74) is 5.49. The molecule has 0 aliphatic heterocycles. The largest absolute Gasteiger partial charge is 0.382 e. The van der Waals surface area contributed by atoms with Gasteiger partial charge < -0.3 is 10.6 Å². The van der Waals surface area contributed by atoms with Gasteiger partial charge in [-0.25, -0.2) is 0 Å². The summed E-state index contributed by atoms with van der Waals surface area (Å²) >= 11 is 1.86. The van der Waals surface area contributed by atoms with Crippen LogP contribution in [0.5, 0.6) is 0 Å². The summed E-state index contributed by atoms with van der Waals surface area (Å²) in [6.45, 7) is 2.19. The Morgan fingerprint density at radius 2 is 2.20 bits per heavy atom. The van der Waals surface area contributed by atoms with Crippen LogP contribution in [-0.2, 0) is 0 Å². The van der Waals surface area contributed by atoms with E-state index in [0.717, 1.165) is 18.0 Å². The van der Waals surface area contributed by atoms with Crippen LogP contribution < -0.4 is 10.6 Å². The van der Waals surface area contributed by atoms with E-state index in [-0.39, 0.29) is 0 Å². The molecule has 0 fully saturated rings. The fraction of sp³-hybridized carbons (Fsp3) is 0.600. The number of nitrogen functional groups attached to an aromatic ring is 1. The van der Waals surface area contributed by atoms with E-state index in [1.54, 1.807) is 6.07 Å². The van der Waals surface area contributed by atoms with Crippen LogP contribution >= 0.6 is 11.8 Å². The Morgan fingerprint density at radius 1 is 1.47 bits per heavy atom. The van der Waals surface area contributed by atoms with E-state index in [0.29, 0.717) is 11.9 Å². The topological polar surface area (TPSA) is 55.0 Å². The lowest BCUT2D eigenvalue weighted by atomic mass is 10.2. The Balaban J connectivity index is 2.59. The molecule has 0 radical (unpaired) electrons. The highest BCUT2D eigenvalue weighted by Crippen LogP contribution is 2.14. The van der Waals surface area contributed by atoms with Gasteiger partial charge in [-0.15, -0.1) is 10.2 Å². The predicted octanol–water partition coefficient (Wildman–Crippen LogP) is 1.64. The maximum absolute atomic E-state index is 5.49. The molecule has 1 unspecified atom stereocenters. The lowest BCUT2D eigenvalue weighted by molar-refractivity contribution is 0.658. The highest BCUT2D eigenvalue weighted by molar-refractivity contribution is 7.98. The number of hydrogen-bond acceptors (Lipinski definition) is 5. The second kappa shape index (κ2) is 5.80. The molecular formula is C10H18N4S. The van der Waals surface area contributed by atoms with Gasteiger partial charge in [0, 0.05) is 13.1 Å². The first-order valence-corrected chi connectivity index (χ1v) is 6.35. The smallest absolute Gasteiger partial charge is 0.151 e. The van der Waals surface area contributed by atoms with E-state index in [2.05, 4.69) is 28.3 Å². The van der Waals surface area contributed by atoms with E-state index in [1.807, 2.05) is 24.9 Å². The second-order valence-corrected chi connectivity index (χ2v) is 4.54. The number of anilines is 2. The fourth-order valence-corrected chi connectivity index (χ4v) is 1.81. The molecule has 1 aromatic heterocycles. The minimum Gasteiger partial charge on any atom is -0.382 e. The van der Waals surface area contributed by atoms with Crippen molar-refractivity contribution in [3.8, 4) is 0 Å². The van der Waals surface area contributed by atoms with Gasteiger partial charge in [-0.3, -0.25) is 0 Å². The third-order valence-electron chi connectivity index (χ3n) is 2.43. The minimum absolute atomic E-state index is 0.462. The van der Waals surface area contributed by atoms with Gasteiger partial charge in [0.1, 0.15) is 5.82 Å². The molecular weight excluding hydrogens is 208 g/mol. The third-order valence-corrected chi connectivity index (χ3v) is 3.08. The van der Waals surface area contributed by atoms with Crippen molar-refractivity contribution in [1.29, 1.82) is 0 Å². The molecule has 1 heterocycles. The van der Waals surface area contributed by atoms with Gasteiger partial charge in [-0.1, -0.05) is 0 Å². The lowest BCUT2D eigenvalue weighted by Gasteiger charge is -2.25. The number of aromatic nitrogens is 2. The maximum Gasteiger partial charge on any atom is 0.151 e. The highest BCUT2D eigenvalue weighted by atomic mass is 32.2. The van der Waals surface area contributed by atoms with E-state index >= 15 is 0 Å². The zero-order valence-corrected chi connectivity index (χ0v) is 10.3. The standard InChI is InChI=1S/C10H18N4S/c1-8(6-7-15-3)14(2)10-5-4-9(11)12-13-10/h4-5,8H,6-7H2,1-3H3,(H2,11,12). The van der Waals surface area contributed by atoms with Crippen LogP contribution in [0.1, 0.15) is 13.3 Å². The number of hydrogen-bond donors (Lipinski definition) is 1. The summed E-state index contributed by atoms with van der Waals surface area (Å²) in [7, 11) is 2.03. The quantitative estimate of drug-likeness (QED) is 0.827. The summed E-state index contributed by atoms with van der Waals surface area (Å²) in [6, 6.07) is 4.15. The molecule has 5 heteroatoms. The number of thioether (sulfide) groups is 1. The van der Waals surface area contributed by atoms with Crippen LogP contribution in [0.3, 0.4) is 0 Å². The highest BCUT2D eigenvalue weighted by Gasteiger charge is 2.10. The summed E-state index contributed by atoms with van der Waals surface area (Å²) < 4.78 is 0. The van der Waals surface area contributed by atoms with Crippen molar-refractivity contribution in [3.63, 3.8) is 0 Å². The van der Waals surface area contributed by atoms with E-state index in [4.69, 9.17) is 5.73 Å². The SMILES string of the molecule is CSCCC(C)N(C)c1ccc(N)nn1. The van der Waals surface area contributed by atoms with Gasteiger partial charge in [0.15, 0.2) is 5.82 Å². The molecule has 0 bridgehead atoms. The van der Waals surface area contributed by atoms with Gasteiger partial charge in [-0.05, 0) is 37.5 Å². The Morgan fingerprint density at radius 3 is 2.73 bits per heavy atom. The third kappa shape index (κ3) is 3.58. The predicted molar refractivity (Wildman–Crippen MR) is 67.3 cm³/mol. The number of rotatable bonds is 5. The fourth-order valence-electron chi connectivity index (χ4n) is 1.23. The Kier molecular flexibility index (Phi) is 4.68. The molecule has 0 amide bonds. The van der Waals surface area contributed by atoms with Crippen molar-refractivity contribution >= 4 is 23.4 Å². The van der Waals surface area contributed by atoms with Crippen molar-refractivity contribution in [2.24, 2.45) is 0 Å². The molecule has 1 atom stereocenters. The van der Waals surface area contributed by atoms with Gasteiger partial charge in [-0.2, -0.15) is 11.8 Å². The second-order valence-electron chi connectivity index (χ2n) is 3.56. The van der Waals surface area contributed by atoms with Crippen molar-refractivity contribution in [2.45, 2.75) is 19.4 Å². The molecule has 0 spiro atoms. The van der Waals surface area contributed by atoms with E-state index in [9.17, 15) is 0 Å². The normalized spacial score (nSPS) is 12.5. The molecule has 0 saturated heterocycles. The molecule has 2 N–H and O–H groups in total. The zero-order valence-electron chi connectivity index (χ0n) is 9.47. The Hall–Kier alpha value is -0.970. The zero-order chi connectivity index (χ0) is 11.3. The molecule has 84 valence electrons. The van der Waals surface area contributed by atoms with E-state index in [1.165, 1.54) is 0 Å². The molecule has 1 rings (SSSR count). The molecule has 15 heavy (non-hydrogen) atoms. The average Bonchev–Trinajstić information content (AvgIpc) is 2.26. The monoisotopic (exact) mass is 226 g/mol. The van der Waals surface area contributed by atoms with Crippen LogP contribution in [0.2, 0.25) is 0 Å². The first kappa shape index (κ1) is 12.1. The molecule has 1 aromatic rings.